The van der Waals surface area contributed by atoms with Crippen molar-refractivity contribution in [2.75, 3.05) is 48.8 Å². The van der Waals surface area contributed by atoms with Crippen molar-refractivity contribution < 1.29 is 13.2 Å². The van der Waals surface area contributed by atoms with E-state index in [-0.39, 0.29) is 23.5 Å². The fraction of sp³-hybridized carbons (Fsp3) is 0.550. The van der Waals surface area contributed by atoms with Crippen LogP contribution in [0.25, 0.3) is 0 Å². The van der Waals surface area contributed by atoms with Gasteiger partial charge >= 0.3 is 0 Å². The van der Waals surface area contributed by atoms with Gasteiger partial charge in [0.25, 0.3) is 0 Å². The molecule has 1 amide bonds. The Morgan fingerprint density at radius 2 is 2.00 bits per heavy atom. The molecule has 8 nitrogen and oxygen atoms in total. The molecule has 2 saturated heterocycles. The lowest BCUT2D eigenvalue weighted by Crippen LogP contribution is -2.52. The molecule has 4 rings (SSSR count). The Balaban J connectivity index is 1.24. The van der Waals surface area contributed by atoms with Gasteiger partial charge in [0, 0.05) is 37.9 Å². The SMILES string of the molecule is Cc1cccc(Nc2nnc(SCC(=O)N3CCN(C4CCS(=O)(=O)C4)CC3)s2)c1C. The van der Waals surface area contributed by atoms with E-state index in [4.69, 9.17) is 0 Å². The van der Waals surface area contributed by atoms with Crippen molar-refractivity contribution >= 4 is 49.7 Å². The van der Waals surface area contributed by atoms with Gasteiger partial charge in [0.05, 0.1) is 17.3 Å². The summed E-state index contributed by atoms with van der Waals surface area (Å²) >= 11 is 2.85. The highest BCUT2D eigenvalue weighted by Gasteiger charge is 2.34. The number of carbonyl (C=O) groups is 1. The summed E-state index contributed by atoms with van der Waals surface area (Å²) in [5, 5.41) is 12.4. The summed E-state index contributed by atoms with van der Waals surface area (Å²) in [4.78, 5) is 16.7. The third-order valence-electron chi connectivity index (χ3n) is 5.96. The number of piperazine rings is 1. The van der Waals surface area contributed by atoms with E-state index in [1.807, 2.05) is 17.0 Å². The van der Waals surface area contributed by atoms with Crippen LogP contribution in [0.15, 0.2) is 22.5 Å². The Kier molecular flexibility index (Phi) is 6.85. The van der Waals surface area contributed by atoms with Crippen LogP contribution in [0.5, 0.6) is 0 Å². The molecule has 0 radical (unpaired) electrons. The number of amides is 1. The van der Waals surface area contributed by atoms with Crippen LogP contribution in [0.1, 0.15) is 17.5 Å². The number of sulfone groups is 1. The Bertz CT molecular complexity index is 1050. The topological polar surface area (TPSA) is 95.5 Å². The number of anilines is 2. The monoisotopic (exact) mass is 481 g/mol. The number of rotatable bonds is 6. The molecule has 2 aliphatic heterocycles. The normalized spacial score (nSPS) is 21.4. The van der Waals surface area contributed by atoms with Crippen molar-refractivity contribution in [3.05, 3.63) is 29.3 Å². The van der Waals surface area contributed by atoms with Crippen molar-refractivity contribution in [1.29, 1.82) is 0 Å². The smallest absolute Gasteiger partial charge is 0.233 e. The van der Waals surface area contributed by atoms with Crippen LogP contribution in [0.2, 0.25) is 0 Å². The van der Waals surface area contributed by atoms with Crippen molar-refractivity contribution in [1.82, 2.24) is 20.0 Å². The molecule has 11 heteroatoms. The molecule has 1 aromatic heterocycles. The van der Waals surface area contributed by atoms with Gasteiger partial charge in [0.1, 0.15) is 0 Å². The largest absolute Gasteiger partial charge is 0.339 e. The van der Waals surface area contributed by atoms with Crippen LogP contribution < -0.4 is 5.32 Å². The minimum atomic E-state index is -2.88. The zero-order valence-corrected chi connectivity index (χ0v) is 20.2. The first-order valence-corrected chi connectivity index (χ1v) is 13.9. The highest BCUT2D eigenvalue weighted by molar-refractivity contribution is 8.01. The predicted molar refractivity (Wildman–Crippen MR) is 125 cm³/mol. The van der Waals surface area contributed by atoms with Crippen molar-refractivity contribution in [2.45, 2.75) is 30.6 Å². The zero-order valence-electron chi connectivity index (χ0n) is 17.7. The van der Waals surface area contributed by atoms with E-state index in [1.54, 1.807) is 0 Å². The number of benzene rings is 1. The first kappa shape index (κ1) is 22.5. The van der Waals surface area contributed by atoms with Crippen molar-refractivity contribution in [3.8, 4) is 0 Å². The summed E-state index contributed by atoms with van der Waals surface area (Å²) in [5.41, 5.74) is 3.40. The van der Waals surface area contributed by atoms with Crippen LogP contribution in [-0.4, -0.2) is 83.8 Å². The second kappa shape index (κ2) is 9.43. The average molecular weight is 482 g/mol. The minimum Gasteiger partial charge on any atom is -0.339 e. The van der Waals surface area contributed by atoms with Gasteiger partial charge in [-0.25, -0.2) is 8.42 Å². The van der Waals surface area contributed by atoms with Crippen LogP contribution >= 0.6 is 23.1 Å². The second-order valence-corrected chi connectivity index (χ2v) is 12.4. The van der Waals surface area contributed by atoms with Gasteiger partial charge in [0.2, 0.25) is 11.0 Å². The summed E-state index contributed by atoms with van der Waals surface area (Å²) in [5.74, 6) is 0.959. The number of nitrogens with zero attached hydrogens (tertiary/aromatic N) is 4. The first-order valence-electron chi connectivity index (χ1n) is 10.3. The lowest BCUT2D eigenvalue weighted by Gasteiger charge is -2.37. The maximum atomic E-state index is 12.6. The fourth-order valence-corrected chi connectivity index (χ4v) is 7.36. The molecular weight excluding hydrogens is 454 g/mol. The van der Waals surface area contributed by atoms with Gasteiger partial charge in [-0.05, 0) is 37.5 Å². The van der Waals surface area contributed by atoms with Gasteiger partial charge in [0.15, 0.2) is 14.2 Å². The number of nitrogens with one attached hydrogen (secondary N) is 1. The van der Waals surface area contributed by atoms with Gasteiger partial charge in [-0.3, -0.25) is 9.69 Å². The summed E-state index contributed by atoms with van der Waals surface area (Å²) in [7, 11) is -2.88. The van der Waals surface area contributed by atoms with Crippen LogP contribution in [0.4, 0.5) is 10.8 Å². The lowest BCUT2D eigenvalue weighted by molar-refractivity contribution is -0.130. The Labute approximate surface area is 191 Å². The van der Waals surface area contributed by atoms with Crippen LogP contribution in [0.3, 0.4) is 0 Å². The van der Waals surface area contributed by atoms with E-state index >= 15 is 0 Å². The maximum absolute atomic E-state index is 12.6. The van der Waals surface area contributed by atoms with Crippen molar-refractivity contribution in [3.63, 3.8) is 0 Å². The molecule has 3 heterocycles. The number of carbonyl (C=O) groups excluding carboxylic acids is 1. The van der Waals surface area contributed by atoms with E-state index < -0.39 is 9.84 Å². The molecule has 0 bridgehead atoms. The third-order valence-corrected chi connectivity index (χ3v) is 9.67. The van der Waals surface area contributed by atoms with Crippen molar-refractivity contribution in [2.24, 2.45) is 0 Å². The molecule has 0 aliphatic carbocycles. The number of thioether (sulfide) groups is 1. The molecule has 2 aliphatic rings. The summed E-state index contributed by atoms with van der Waals surface area (Å²) in [6.07, 6.45) is 0.710. The Morgan fingerprint density at radius 3 is 2.71 bits per heavy atom. The minimum absolute atomic E-state index is 0.0860. The Hall–Kier alpha value is -1.69. The van der Waals surface area contributed by atoms with Gasteiger partial charge in [-0.2, -0.15) is 0 Å². The molecule has 168 valence electrons. The van der Waals surface area contributed by atoms with E-state index in [2.05, 4.69) is 40.3 Å². The summed E-state index contributed by atoms with van der Waals surface area (Å²) < 4.78 is 24.2. The molecule has 0 spiro atoms. The quantitative estimate of drug-likeness (QED) is 0.628. The third kappa shape index (κ3) is 5.57. The molecule has 2 aromatic rings. The first-order chi connectivity index (χ1) is 14.8. The number of hydrogen-bond acceptors (Lipinski definition) is 9. The molecule has 2 fully saturated rings. The Morgan fingerprint density at radius 1 is 1.23 bits per heavy atom. The van der Waals surface area contributed by atoms with Crippen LogP contribution in [-0.2, 0) is 14.6 Å². The predicted octanol–water partition coefficient (Wildman–Crippen LogP) is 2.32. The molecule has 1 aromatic carbocycles. The van der Waals surface area contributed by atoms with Gasteiger partial charge < -0.3 is 10.2 Å². The summed E-state index contributed by atoms with van der Waals surface area (Å²) in [6, 6.07) is 6.20. The number of hydrogen-bond donors (Lipinski definition) is 1. The van der Waals surface area contributed by atoms with E-state index in [0.717, 1.165) is 23.1 Å². The molecule has 1 unspecified atom stereocenters. The number of aromatic nitrogens is 2. The molecule has 1 N–H and O–H groups in total. The second-order valence-electron chi connectivity index (χ2n) is 8.01. The van der Waals surface area contributed by atoms with Gasteiger partial charge in [-0.15, -0.1) is 10.2 Å². The van der Waals surface area contributed by atoms with Gasteiger partial charge in [-0.1, -0.05) is 35.2 Å². The fourth-order valence-electron chi connectivity index (χ4n) is 3.93. The standard InChI is InChI=1S/C20H27N5O3S3/c1-14-4-3-5-17(15(14)2)21-19-22-23-20(30-19)29-12-18(26)25-9-7-24(8-10-25)16-6-11-31(27,28)13-16/h3-5,16H,6-13H2,1-2H3,(H,21,22). The average Bonchev–Trinajstić information content (AvgIpc) is 3.35. The highest BCUT2D eigenvalue weighted by atomic mass is 32.2. The lowest BCUT2D eigenvalue weighted by atomic mass is 10.1. The maximum Gasteiger partial charge on any atom is 0.233 e. The highest BCUT2D eigenvalue weighted by Crippen LogP contribution is 2.29. The molecule has 31 heavy (non-hydrogen) atoms. The van der Waals surface area contributed by atoms with Crippen LogP contribution in [0, 0.1) is 13.8 Å². The number of aryl methyl sites for hydroxylation is 1. The zero-order chi connectivity index (χ0) is 22.0. The molecule has 0 saturated carbocycles. The van der Waals surface area contributed by atoms with E-state index in [0.29, 0.717) is 30.4 Å². The van der Waals surface area contributed by atoms with E-state index in [1.165, 1.54) is 34.2 Å². The summed E-state index contributed by atoms with van der Waals surface area (Å²) in [6.45, 7) is 6.90. The van der Waals surface area contributed by atoms with E-state index in [9.17, 15) is 13.2 Å². The molecular formula is C20H27N5O3S3. The molecule has 1 atom stereocenters.